The van der Waals surface area contributed by atoms with Crippen LogP contribution in [-0.4, -0.2) is 65.1 Å². The number of ether oxygens (including phenoxy) is 1. The topological polar surface area (TPSA) is 102 Å². The molecule has 0 spiro atoms. The van der Waals surface area contributed by atoms with E-state index in [0.29, 0.717) is 25.9 Å². The van der Waals surface area contributed by atoms with Crippen molar-refractivity contribution in [2.45, 2.75) is 70.3 Å². The monoisotopic (exact) mass is 471 g/mol. The van der Waals surface area contributed by atoms with E-state index < -0.39 is 11.5 Å². The molecule has 8 nitrogen and oxygen atoms in total. The van der Waals surface area contributed by atoms with Crippen LogP contribution in [0.4, 0.5) is 5.82 Å². The summed E-state index contributed by atoms with van der Waals surface area (Å²) in [5, 5.41) is 1.09. The van der Waals surface area contributed by atoms with Crippen molar-refractivity contribution in [2.24, 2.45) is 5.73 Å². The molecule has 0 aromatic carbocycles. The minimum absolute atomic E-state index is 0.126. The zero-order valence-electron chi connectivity index (χ0n) is 19.4. The van der Waals surface area contributed by atoms with Crippen molar-refractivity contribution in [3.8, 4) is 0 Å². The summed E-state index contributed by atoms with van der Waals surface area (Å²) >= 11 is 1.69. The summed E-state index contributed by atoms with van der Waals surface area (Å²) < 4.78 is 5.22. The maximum Gasteiger partial charge on any atom is 0.376 e. The fourth-order valence-corrected chi connectivity index (χ4v) is 7.04. The van der Waals surface area contributed by atoms with Gasteiger partial charge in [0.15, 0.2) is 0 Å². The third-order valence-electron chi connectivity index (χ3n) is 7.56. The van der Waals surface area contributed by atoms with E-state index in [1.807, 2.05) is 0 Å². The fraction of sp³-hybridized carbons (Fsp3) is 0.667. The SMILES string of the molecule is CCOC(=O)c1nc(N2CCC(C(N)=O)(N3CCCCC3)CC2)c2c3c(sc2n1)CCCC3. The van der Waals surface area contributed by atoms with Crippen LogP contribution in [0.5, 0.6) is 0 Å². The lowest BCUT2D eigenvalue weighted by atomic mass is 9.83. The summed E-state index contributed by atoms with van der Waals surface area (Å²) in [6.07, 6.45) is 9.25. The number of likely N-dealkylation sites (tertiary alicyclic amines) is 1. The normalized spacial score (nSPS) is 21.1. The minimum Gasteiger partial charge on any atom is -0.460 e. The maximum atomic E-state index is 12.7. The van der Waals surface area contributed by atoms with Crippen molar-refractivity contribution in [2.75, 3.05) is 37.7 Å². The van der Waals surface area contributed by atoms with Crippen molar-refractivity contribution < 1.29 is 14.3 Å². The predicted octanol–water partition coefficient (Wildman–Crippen LogP) is 3.06. The van der Waals surface area contributed by atoms with E-state index in [-0.39, 0.29) is 18.3 Å². The number of rotatable bonds is 5. The lowest BCUT2D eigenvalue weighted by Crippen LogP contribution is -2.63. The number of hydrogen-bond donors (Lipinski definition) is 1. The first-order chi connectivity index (χ1) is 16.0. The van der Waals surface area contributed by atoms with Crippen LogP contribution in [0.3, 0.4) is 0 Å². The molecule has 2 aromatic rings. The van der Waals surface area contributed by atoms with Crippen molar-refractivity contribution in [3.05, 3.63) is 16.3 Å². The molecule has 9 heteroatoms. The Kier molecular flexibility index (Phi) is 6.26. The number of fused-ring (bicyclic) bond motifs is 3. The number of esters is 1. The number of anilines is 1. The number of thiophene rings is 1. The van der Waals surface area contributed by atoms with Gasteiger partial charge in [0.1, 0.15) is 16.2 Å². The Morgan fingerprint density at radius 2 is 1.76 bits per heavy atom. The third-order valence-corrected chi connectivity index (χ3v) is 8.75. The van der Waals surface area contributed by atoms with E-state index in [9.17, 15) is 9.59 Å². The molecule has 2 aromatic heterocycles. The Bertz CT molecular complexity index is 1050. The Balaban J connectivity index is 1.50. The predicted molar refractivity (Wildman–Crippen MR) is 129 cm³/mol. The number of amides is 1. The van der Waals surface area contributed by atoms with Crippen LogP contribution in [0.15, 0.2) is 0 Å². The molecule has 33 heavy (non-hydrogen) atoms. The second-order valence-electron chi connectivity index (χ2n) is 9.41. The van der Waals surface area contributed by atoms with Crippen LogP contribution >= 0.6 is 11.3 Å². The second-order valence-corrected chi connectivity index (χ2v) is 10.5. The molecule has 0 radical (unpaired) electrons. The summed E-state index contributed by atoms with van der Waals surface area (Å²) in [4.78, 5) is 41.4. The summed E-state index contributed by atoms with van der Waals surface area (Å²) in [5.74, 6) is 0.251. The van der Waals surface area contributed by atoms with Gasteiger partial charge in [-0.15, -0.1) is 11.3 Å². The standard InChI is InChI=1S/C24H33N5O3S/c1-2-32-22(30)19-26-20(18-16-8-4-5-9-17(16)33-21(18)27-19)28-14-10-24(11-15-28,23(25)31)29-12-6-3-7-13-29/h2-15H2,1H3,(H2,25,31). The van der Waals surface area contributed by atoms with Crippen molar-refractivity contribution in [1.29, 1.82) is 0 Å². The lowest BCUT2D eigenvalue weighted by Gasteiger charge is -2.48. The molecule has 178 valence electrons. The lowest BCUT2D eigenvalue weighted by molar-refractivity contribution is -0.132. The molecule has 0 bridgehead atoms. The maximum absolute atomic E-state index is 12.7. The second kappa shape index (κ2) is 9.18. The first kappa shape index (κ1) is 22.5. The number of carbonyl (C=O) groups excluding carboxylic acids is 2. The van der Waals surface area contributed by atoms with Crippen molar-refractivity contribution >= 4 is 39.2 Å². The van der Waals surface area contributed by atoms with Gasteiger partial charge < -0.3 is 15.4 Å². The first-order valence-electron chi connectivity index (χ1n) is 12.3. The van der Waals surface area contributed by atoms with Gasteiger partial charge in [0.2, 0.25) is 11.7 Å². The molecule has 2 saturated heterocycles. The molecule has 5 rings (SSSR count). The average molecular weight is 472 g/mol. The van der Waals surface area contributed by atoms with Gasteiger partial charge in [-0.2, -0.15) is 0 Å². The Morgan fingerprint density at radius 1 is 1.03 bits per heavy atom. The molecule has 1 aliphatic carbocycles. The average Bonchev–Trinajstić information content (AvgIpc) is 3.23. The van der Waals surface area contributed by atoms with Gasteiger partial charge in [0, 0.05) is 18.0 Å². The molecular formula is C24H33N5O3S. The molecule has 3 aliphatic rings. The summed E-state index contributed by atoms with van der Waals surface area (Å²) in [5.41, 5.74) is 6.76. The van der Waals surface area contributed by atoms with Gasteiger partial charge in [0.05, 0.1) is 12.0 Å². The van der Waals surface area contributed by atoms with Gasteiger partial charge in [-0.25, -0.2) is 14.8 Å². The Labute approximate surface area is 198 Å². The van der Waals surface area contributed by atoms with Gasteiger partial charge in [-0.3, -0.25) is 9.69 Å². The van der Waals surface area contributed by atoms with E-state index in [2.05, 4.69) is 14.8 Å². The minimum atomic E-state index is -0.582. The molecule has 0 saturated carbocycles. The van der Waals surface area contributed by atoms with Crippen LogP contribution in [-0.2, 0) is 22.4 Å². The quantitative estimate of drug-likeness (QED) is 0.669. The number of primary amides is 1. The van der Waals surface area contributed by atoms with Gasteiger partial charge in [0.25, 0.3) is 0 Å². The summed E-state index contributed by atoms with van der Waals surface area (Å²) in [6, 6.07) is 0. The third kappa shape index (κ3) is 3.99. The van der Waals surface area contributed by atoms with Crippen molar-refractivity contribution in [3.63, 3.8) is 0 Å². The number of nitrogens with zero attached hydrogens (tertiary/aromatic N) is 4. The number of hydrogen-bond acceptors (Lipinski definition) is 8. The largest absolute Gasteiger partial charge is 0.460 e. The molecule has 4 heterocycles. The molecule has 0 atom stereocenters. The van der Waals surface area contributed by atoms with E-state index in [0.717, 1.165) is 61.2 Å². The van der Waals surface area contributed by atoms with Crippen LogP contribution in [0.1, 0.15) is 72.9 Å². The highest BCUT2D eigenvalue weighted by atomic mass is 32.1. The molecule has 1 amide bonds. The summed E-state index contributed by atoms with van der Waals surface area (Å²) in [6.45, 7) is 5.31. The summed E-state index contributed by atoms with van der Waals surface area (Å²) in [7, 11) is 0. The van der Waals surface area contributed by atoms with E-state index in [1.165, 1.54) is 23.3 Å². The number of piperidine rings is 2. The smallest absolute Gasteiger partial charge is 0.376 e. The van der Waals surface area contributed by atoms with Crippen molar-refractivity contribution in [1.82, 2.24) is 14.9 Å². The molecule has 2 N–H and O–H groups in total. The van der Waals surface area contributed by atoms with Gasteiger partial charge in [-0.1, -0.05) is 6.42 Å². The fourth-order valence-electron chi connectivity index (χ4n) is 5.78. The van der Waals surface area contributed by atoms with Gasteiger partial charge >= 0.3 is 5.97 Å². The number of nitrogens with two attached hydrogens (primary N) is 1. The molecular weight excluding hydrogens is 438 g/mol. The Hall–Kier alpha value is -2.26. The number of aryl methyl sites for hydroxylation is 2. The highest BCUT2D eigenvalue weighted by molar-refractivity contribution is 7.19. The van der Waals surface area contributed by atoms with Gasteiger partial charge in [-0.05, 0) is 76.9 Å². The van der Waals surface area contributed by atoms with E-state index >= 15 is 0 Å². The molecule has 2 aliphatic heterocycles. The molecule has 0 unspecified atom stereocenters. The number of aromatic nitrogens is 2. The van der Waals surface area contributed by atoms with Crippen LogP contribution in [0.25, 0.3) is 10.2 Å². The Morgan fingerprint density at radius 3 is 2.45 bits per heavy atom. The highest BCUT2D eigenvalue weighted by Gasteiger charge is 2.45. The highest BCUT2D eigenvalue weighted by Crippen LogP contribution is 2.41. The van der Waals surface area contributed by atoms with Crippen LogP contribution in [0.2, 0.25) is 0 Å². The van der Waals surface area contributed by atoms with E-state index in [4.69, 9.17) is 15.5 Å². The van der Waals surface area contributed by atoms with Crippen LogP contribution < -0.4 is 10.6 Å². The zero-order chi connectivity index (χ0) is 23.0. The number of carbonyl (C=O) groups is 2. The first-order valence-corrected chi connectivity index (χ1v) is 13.1. The zero-order valence-corrected chi connectivity index (χ0v) is 20.2. The molecule has 2 fully saturated rings. The van der Waals surface area contributed by atoms with Crippen LogP contribution in [0, 0.1) is 0 Å². The van der Waals surface area contributed by atoms with E-state index in [1.54, 1.807) is 18.3 Å².